The Labute approximate surface area is 243 Å². The molecule has 1 amide bonds. The lowest BCUT2D eigenvalue weighted by Gasteiger charge is -2.13. The molecule has 42 heavy (non-hydrogen) atoms. The molecular weight excluding hydrogens is 564 g/mol. The predicted octanol–water partition coefficient (Wildman–Crippen LogP) is 5.99. The number of ether oxygens (including phenoxy) is 1. The minimum Gasteiger partial charge on any atom is -0.421 e. The number of nitrogens with one attached hydrogen (secondary N) is 1. The highest BCUT2D eigenvalue weighted by atomic mass is 35.5. The van der Waals surface area contributed by atoms with Gasteiger partial charge in [-0.2, -0.15) is 10.2 Å². The number of amides is 1. The molecule has 12 heteroatoms. The van der Waals surface area contributed by atoms with E-state index in [1.165, 1.54) is 31.3 Å². The van der Waals surface area contributed by atoms with Crippen molar-refractivity contribution in [3.8, 4) is 40.2 Å². The van der Waals surface area contributed by atoms with Crippen molar-refractivity contribution >= 4 is 34.2 Å². The molecule has 0 aliphatic rings. The van der Waals surface area contributed by atoms with Crippen LogP contribution in [0.4, 0.5) is 14.6 Å². The van der Waals surface area contributed by atoms with Crippen molar-refractivity contribution in [2.45, 2.75) is 13.5 Å². The molecule has 0 aliphatic heterocycles. The fraction of sp³-hybridized carbons (Fsp3) is 0.100. The van der Waals surface area contributed by atoms with Crippen LogP contribution in [0.15, 0.2) is 61.4 Å². The Morgan fingerprint density at radius 2 is 2.00 bits per heavy atom. The van der Waals surface area contributed by atoms with Crippen molar-refractivity contribution in [3.63, 3.8) is 0 Å². The second kappa shape index (κ2) is 11.3. The first-order valence-corrected chi connectivity index (χ1v) is 12.8. The first-order valence-electron chi connectivity index (χ1n) is 12.5. The molecule has 5 aromatic rings. The fourth-order valence-electron chi connectivity index (χ4n) is 4.63. The Hall–Kier alpha value is -5.34. The molecule has 0 unspecified atom stereocenters. The second-order valence-electron chi connectivity index (χ2n) is 9.24. The molecule has 0 saturated carbocycles. The summed E-state index contributed by atoms with van der Waals surface area (Å²) in [5.41, 5.74) is 9.90. The van der Waals surface area contributed by atoms with E-state index in [2.05, 4.69) is 32.9 Å². The van der Waals surface area contributed by atoms with E-state index in [4.69, 9.17) is 22.1 Å². The summed E-state index contributed by atoms with van der Waals surface area (Å²) in [6.45, 7) is 5.11. The number of benzene rings is 2. The summed E-state index contributed by atoms with van der Waals surface area (Å²) < 4.78 is 36.3. The molecule has 0 saturated heterocycles. The summed E-state index contributed by atoms with van der Waals surface area (Å²) in [6, 6.07) is 11.4. The zero-order valence-electron chi connectivity index (χ0n) is 22.4. The molecule has 3 N–H and O–H groups in total. The molecule has 0 spiro atoms. The third kappa shape index (κ3) is 5.11. The Morgan fingerprint density at radius 3 is 2.67 bits per heavy atom. The van der Waals surface area contributed by atoms with Gasteiger partial charge in [-0.05, 0) is 42.3 Å². The van der Waals surface area contributed by atoms with Crippen LogP contribution in [0.1, 0.15) is 16.8 Å². The van der Waals surface area contributed by atoms with E-state index < -0.39 is 11.6 Å². The monoisotopic (exact) mass is 585 g/mol. The van der Waals surface area contributed by atoms with Crippen molar-refractivity contribution < 1.29 is 18.3 Å². The van der Waals surface area contributed by atoms with Gasteiger partial charge in [0.05, 0.1) is 39.1 Å². The van der Waals surface area contributed by atoms with Crippen LogP contribution >= 0.6 is 11.6 Å². The minimum absolute atomic E-state index is 0.0553. The standard InChI is InChI=1S/C30H22ClF2N7O2/c1-4-24(41)36-12-16-5-7-19(20(31)9-16)28-25(26-27(40(28)3)18(11-34)13-37-29(26)35)17-6-8-23(21(32)10-17)42-30-38-14-22(33)15(2)39-30/h4-10,13-14H,1,12H2,2-3H3,(H2,35,37)(H,36,41). The van der Waals surface area contributed by atoms with Crippen LogP contribution in [0.25, 0.3) is 33.3 Å². The van der Waals surface area contributed by atoms with E-state index in [9.17, 15) is 14.4 Å². The molecule has 3 heterocycles. The van der Waals surface area contributed by atoms with E-state index in [0.717, 1.165) is 11.8 Å². The molecule has 2 aromatic carbocycles. The molecule has 0 radical (unpaired) electrons. The number of carbonyl (C=O) groups excluding carboxylic acids is 1. The number of nitriles is 1. The second-order valence-corrected chi connectivity index (χ2v) is 9.65. The Morgan fingerprint density at radius 1 is 1.21 bits per heavy atom. The third-order valence-corrected chi connectivity index (χ3v) is 6.93. The van der Waals surface area contributed by atoms with Gasteiger partial charge in [0.25, 0.3) is 0 Å². The van der Waals surface area contributed by atoms with E-state index in [0.29, 0.717) is 38.3 Å². The van der Waals surface area contributed by atoms with Gasteiger partial charge in [0.2, 0.25) is 5.91 Å². The number of anilines is 1. The first-order chi connectivity index (χ1) is 20.1. The normalized spacial score (nSPS) is 10.9. The van der Waals surface area contributed by atoms with Crippen LogP contribution in [0.2, 0.25) is 5.02 Å². The number of nitrogens with zero attached hydrogens (tertiary/aromatic N) is 5. The molecule has 0 bridgehead atoms. The van der Waals surface area contributed by atoms with Gasteiger partial charge in [0.15, 0.2) is 17.4 Å². The summed E-state index contributed by atoms with van der Waals surface area (Å²) in [5.74, 6) is -1.73. The average Bonchev–Trinajstić information content (AvgIpc) is 3.28. The Balaban J connectivity index is 1.67. The largest absolute Gasteiger partial charge is 0.421 e. The van der Waals surface area contributed by atoms with Gasteiger partial charge in [-0.15, -0.1) is 0 Å². The van der Waals surface area contributed by atoms with Gasteiger partial charge in [-0.3, -0.25) is 4.79 Å². The summed E-state index contributed by atoms with van der Waals surface area (Å²) in [5, 5.41) is 13.3. The number of hydrogen-bond acceptors (Lipinski definition) is 7. The molecule has 0 fully saturated rings. The lowest BCUT2D eigenvalue weighted by molar-refractivity contribution is -0.116. The smallest absolute Gasteiger partial charge is 0.322 e. The summed E-state index contributed by atoms with van der Waals surface area (Å²) in [6.07, 6.45) is 3.49. The number of halogens is 3. The van der Waals surface area contributed by atoms with Crippen molar-refractivity contribution in [1.29, 1.82) is 5.26 Å². The zero-order chi connectivity index (χ0) is 30.1. The van der Waals surface area contributed by atoms with Crippen LogP contribution in [0.3, 0.4) is 0 Å². The highest BCUT2D eigenvalue weighted by Gasteiger charge is 2.25. The van der Waals surface area contributed by atoms with Crippen LogP contribution in [-0.2, 0) is 18.4 Å². The quantitative estimate of drug-likeness (QED) is 0.224. The van der Waals surface area contributed by atoms with Crippen LogP contribution in [-0.4, -0.2) is 25.4 Å². The number of hydrogen-bond donors (Lipinski definition) is 2. The molecule has 0 aliphatic carbocycles. The molecular formula is C30H22ClF2N7O2. The summed E-state index contributed by atoms with van der Waals surface area (Å²) in [4.78, 5) is 23.5. The van der Waals surface area contributed by atoms with Crippen LogP contribution < -0.4 is 15.8 Å². The number of aromatic nitrogens is 4. The third-order valence-electron chi connectivity index (χ3n) is 6.62. The van der Waals surface area contributed by atoms with Crippen LogP contribution in [0.5, 0.6) is 11.8 Å². The minimum atomic E-state index is -0.747. The lowest BCUT2D eigenvalue weighted by atomic mass is 9.97. The molecule has 3 aromatic heterocycles. The first kappa shape index (κ1) is 28.2. The van der Waals surface area contributed by atoms with E-state index in [-0.39, 0.29) is 41.3 Å². The summed E-state index contributed by atoms with van der Waals surface area (Å²) in [7, 11) is 1.75. The van der Waals surface area contributed by atoms with Crippen molar-refractivity contribution in [1.82, 2.24) is 24.8 Å². The molecule has 0 atom stereocenters. The number of nitrogen functional groups attached to an aromatic ring is 1. The van der Waals surface area contributed by atoms with E-state index in [1.54, 1.807) is 35.9 Å². The zero-order valence-corrected chi connectivity index (χ0v) is 23.1. The number of rotatable bonds is 7. The highest BCUT2D eigenvalue weighted by molar-refractivity contribution is 6.34. The van der Waals surface area contributed by atoms with Crippen molar-refractivity contribution in [2.75, 3.05) is 5.73 Å². The van der Waals surface area contributed by atoms with Crippen molar-refractivity contribution in [3.05, 3.63) is 94.9 Å². The average molecular weight is 586 g/mol. The Bertz CT molecular complexity index is 1950. The number of carbonyl (C=O) groups is 1. The summed E-state index contributed by atoms with van der Waals surface area (Å²) >= 11 is 6.76. The number of pyridine rings is 1. The lowest BCUT2D eigenvalue weighted by Crippen LogP contribution is -2.19. The van der Waals surface area contributed by atoms with Gasteiger partial charge >= 0.3 is 6.01 Å². The predicted molar refractivity (Wildman–Crippen MR) is 155 cm³/mol. The van der Waals surface area contributed by atoms with E-state index >= 15 is 4.39 Å². The van der Waals surface area contributed by atoms with Crippen LogP contribution in [0, 0.1) is 29.9 Å². The fourth-order valence-corrected chi connectivity index (χ4v) is 4.92. The molecule has 9 nitrogen and oxygen atoms in total. The SMILES string of the molecule is C=CC(=O)NCc1ccc(-c2c(-c3ccc(Oc4ncc(F)c(C)n4)c(F)c3)c3c(N)ncc(C#N)c3n2C)c(Cl)c1. The topological polar surface area (TPSA) is 132 Å². The van der Waals surface area contributed by atoms with E-state index in [1.807, 2.05) is 0 Å². The number of fused-ring (bicyclic) bond motifs is 1. The van der Waals surface area contributed by atoms with Gasteiger partial charge in [-0.1, -0.05) is 36.4 Å². The van der Waals surface area contributed by atoms with Gasteiger partial charge in [0.1, 0.15) is 11.9 Å². The highest BCUT2D eigenvalue weighted by Crippen LogP contribution is 2.45. The molecule has 210 valence electrons. The van der Waals surface area contributed by atoms with Gasteiger partial charge in [-0.25, -0.2) is 18.7 Å². The molecule has 5 rings (SSSR count). The maximum atomic E-state index is 15.5. The van der Waals surface area contributed by atoms with Gasteiger partial charge < -0.3 is 20.4 Å². The van der Waals surface area contributed by atoms with Crippen molar-refractivity contribution in [2.24, 2.45) is 7.05 Å². The maximum absolute atomic E-state index is 15.5. The number of nitrogens with two attached hydrogens (primary N) is 1. The number of aryl methyl sites for hydroxylation is 2. The Kier molecular flexibility index (Phi) is 7.56. The van der Waals surface area contributed by atoms with Gasteiger partial charge in [0, 0.05) is 30.9 Å². The maximum Gasteiger partial charge on any atom is 0.322 e.